The molecule has 0 spiro atoms. The average molecular weight is 853 g/mol. The summed E-state index contributed by atoms with van der Waals surface area (Å²) in [5.74, 6) is -0.473. The highest BCUT2D eigenvalue weighted by atomic mass is 31.2. The number of carbonyl (C=O) groups excluding carboxylic acids is 1. The highest BCUT2D eigenvalue weighted by Gasteiger charge is 2.51. The van der Waals surface area contributed by atoms with Crippen molar-refractivity contribution in [2.75, 3.05) is 19.8 Å². The van der Waals surface area contributed by atoms with Crippen LogP contribution in [0.3, 0.4) is 0 Å². The number of phosphoric acid groups is 1. The largest absolute Gasteiger partial charge is 0.472 e. The van der Waals surface area contributed by atoms with E-state index < -0.39 is 63.1 Å². The van der Waals surface area contributed by atoms with E-state index in [1.165, 1.54) is 154 Å². The first-order chi connectivity index (χ1) is 28.0. The van der Waals surface area contributed by atoms with Gasteiger partial charge in [-0.15, -0.1) is 0 Å². The Morgan fingerprint density at radius 1 is 0.483 bits per heavy atom. The number of aliphatic hydroxyl groups is 5. The molecule has 0 radical (unpaired) electrons. The minimum atomic E-state index is -5.01. The lowest BCUT2D eigenvalue weighted by Crippen LogP contribution is -2.64. The van der Waals surface area contributed by atoms with Crippen molar-refractivity contribution in [3.8, 4) is 0 Å². The molecule has 6 atom stereocenters. The summed E-state index contributed by atoms with van der Waals surface area (Å²) in [5.41, 5.74) is 0. The molecule has 1 rings (SSSR count). The van der Waals surface area contributed by atoms with E-state index in [2.05, 4.69) is 13.8 Å². The normalized spacial score (nSPS) is 22.6. The summed E-state index contributed by atoms with van der Waals surface area (Å²) in [6.45, 7) is 4.28. The highest BCUT2D eigenvalue weighted by Crippen LogP contribution is 2.47. The topological polar surface area (TPSA) is 192 Å². The van der Waals surface area contributed by atoms with Gasteiger partial charge in [-0.2, -0.15) is 0 Å². The molecular weight excluding hydrogens is 763 g/mol. The lowest BCUT2D eigenvalue weighted by atomic mass is 9.85. The van der Waals surface area contributed by atoms with E-state index in [0.29, 0.717) is 13.0 Å². The van der Waals surface area contributed by atoms with E-state index in [1.54, 1.807) is 0 Å². The maximum absolute atomic E-state index is 12.8. The Hall–Kier alpha value is -0.660. The number of carbonyl (C=O) groups is 1. The Morgan fingerprint density at radius 2 is 0.810 bits per heavy atom. The van der Waals surface area contributed by atoms with Crippen molar-refractivity contribution in [1.29, 1.82) is 0 Å². The monoisotopic (exact) mass is 853 g/mol. The number of unbranched alkanes of at least 4 members (excludes halogenated alkanes) is 29. The molecule has 1 fully saturated rings. The first-order valence-corrected chi connectivity index (χ1v) is 25.4. The van der Waals surface area contributed by atoms with E-state index in [-0.39, 0.29) is 13.0 Å². The zero-order valence-electron chi connectivity index (χ0n) is 36.9. The lowest BCUT2D eigenvalue weighted by Gasteiger charge is -2.41. The second-order valence-corrected chi connectivity index (χ2v) is 18.4. The molecule has 12 nitrogen and oxygen atoms in total. The van der Waals surface area contributed by atoms with Crippen LogP contribution >= 0.6 is 7.82 Å². The van der Waals surface area contributed by atoms with Gasteiger partial charge in [-0.1, -0.05) is 200 Å². The van der Waals surface area contributed by atoms with Crippen molar-refractivity contribution in [1.82, 2.24) is 0 Å². The number of aliphatic hydroxyl groups excluding tert-OH is 5. The van der Waals surface area contributed by atoms with Gasteiger partial charge in [-0.25, -0.2) is 4.57 Å². The molecule has 0 aliphatic heterocycles. The van der Waals surface area contributed by atoms with Crippen molar-refractivity contribution in [3.05, 3.63) is 0 Å². The van der Waals surface area contributed by atoms with Gasteiger partial charge in [0, 0.05) is 13.0 Å². The van der Waals surface area contributed by atoms with E-state index in [0.717, 1.165) is 38.5 Å². The number of esters is 1. The predicted octanol–water partition coefficient (Wildman–Crippen LogP) is 9.76. The van der Waals surface area contributed by atoms with Crippen LogP contribution in [0.1, 0.15) is 219 Å². The minimum Gasteiger partial charge on any atom is -0.457 e. The summed E-state index contributed by atoms with van der Waals surface area (Å²) < 4.78 is 34.2. The van der Waals surface area contributed by atoms with Crippen LogP contribution in [0.2, 0.25) is 0 Å². The van der Waals surface area contributed by atoms with Gasteiger partial charge in [-0.05, 0) is 12.8 Å². The summed E-state index contributed by atoms with van der Waals surface area (Å²) in [7, 11) is -5.01. The third-order valence-electron chi connectivity index (χ3n) is 11.5. The number of phosphoric ester groups is 1. The Bertz CT molecular complexity index is 973. The van der Waals surface area contributed by atoms with E-state index in [9.17, 15) is 39.8 Å². The molecule has 13 heteroatoms. The summed E-state index contributed by atoms with van der Waals surface area (Å²) in [4.78, 5) is 23.1. The van der Waals surface area contributed by atoms with Gasteiger partial charge in [0.1, 0.15) is 42.7 Å². The van der Waals surface area contributed by atoms with Crippen molar-refractivity contribution >= 4 is 13.8 Å². The average Bonchev–Trinajstić information content (AvgIpc) is 3.21. The van der Waals surface area contributed by atoms with Crippen LogP contribution in [0, 0.1) is 0 Å². The summed E-state index contributed by atoms with van der Waals surface area (Å²) in [5, 5.41) is 50.1. The van der Waals surface area contributed by atoms with Crippen molar-refractivity contribution < 1.29 is 58.3 Å². The fourth-order valence-electron chi connectivity index (χ4n) is 7.65. The molecule has 1 aliphatic carbocycles. The van der Waals surface area contributed by atoms with Crippen molar-refractivity contribution in [2.24, 2.45) is 0 Å². The number of rotatable bonds is 41. The SMILES string of the molecule is CCCCCCCCCCCCCCCCCCCCCCOCC(COP(=O)(O)OC1C(O)C(O)C(O)C(O)C1O)OC(=O)CCCCCCCCCCCCC. The van der Waals surface area contributed by atoms with Crippen LogP contribution in [0.5, 0.6) is 0 Å². The molecule has 0 saturated heterocycles. The summed E-state index contributed by atoms with van der Waals surface area (Å²) >= 11 is 0. The Kier molecular flexibility index (Phi) is 35.3. The Balaban J connectivity index is 2.32. The van der Waals surface area contributed by atoms with Gasteiger partial charge in [0.2, 0.25) is 0 Å². The van der Waals surface area contributed by atoms with Crippen LogP contribution < -0.4 is 0 Å². The van der Waals surface area contributed by atoms with E-state index in [1.807, 2.05) is 0 Å². The lowest BCUT2D eigenvalue weighted by molar-refractivity contribution is -0.220. The second-order valence-electron chi connectivity index (χ2n) is 17.0. The quantitative estimate of drug-likeness (QED) is 0.0194. The fraction of sp³-hybridized carbons (Fsp3) is 0.978. The smallest absolute Gasteiger partial charge is 0.457 e. The van der Waals surface area contributed by atoms with E-state index >= 15 is 0 Å². The molecule has 0 amide bonds. The first kappa shape index (κ1) is 55.4. The standard InChI is InChI=1S/C45H89O12P/c1-3-5-7-9-11-13-15-16-17-18-19-20-21-22-23-25-27-29-31-33-35-54-36-38(56-39(46)34-32-30-28-26-24-14-12-10-8-6-4-2)37-55-58(52,53)57-45-43(50)41(48)40(47)42(49)44(45)51/h38,40-45,47-51H,3-37H2,1-2H3,(H,52,53). The molecule has 0 aromatic rings. The Morgan fingerprint density at radius 3 is 1.19 bits per heavy atom. The number of ether oxygens (including phenoxy) is 2. The van der Waals surface area contributed by atoms with Gasteiger partial charge >= 0.3 is 13.8 Å². The van der Waals surface area contributed by atoms with E-state index in [4.69, 9.17) is 18.5 Å². The van der Waals surface area contributed by atoms with Crippen LogP contribution in [0.4, 0.5) is 0 Å². The molecule has 6 unspecified atom stereocenters. The van der Waals surface area contributed by atoms with Gasteiger partial charge < -0.3 is 39.9 Å². The molecule has 1 saturated carbocycles. The molecule has 1 aliphatic rings. The molecule has 0 bridgehead atoms. The zero-order valence-corrected chi connectivity index (χ0v) is 37.8. The maximum atomic E-state index is 12.8. The second kappa shape index (κ2) is 36.9. The van der Waals surface area contributed by atoms with Crippen LogP contribution in [0.15, 0.2) is 0 Å². The van der Waals surface area contributed by atoms with Crippen LogP contribution in [0.25, 0.3) is 0 Å². The van der Waals surface area contributed by atoms with Gasteiger partial charge in [0.05, 0.1) is 13.2 Å². The molecule has 346 valence electrons. The van der Waals surface area contributed by atoms with Crippen molar-refractivity contribution in [2.45, 2.75) is 262 Å². The van der Waals surface area contributed by atoms with Gasteiger partial charge in [0.15, 0.2) is 0 Å². The molecular formula is C45H89O12P. The van der Waals surface area contributed by atoms with Crippen LogP contribution in [-0.4, -0.2) is 98.9 Å². The third kappa shape index (κ3) is 28.8. The summed E-state index contributed by atoms with van der Waals surface area (Å²) in [6, 6.07) is 0. The fourth-order valence-corrected chi connectivity index (χ4v) is 8.62. The minimum absolute atomic E-state index is 0.0680. The van der Waals surface area contributed by atoms with Gasteiger partial charge in [-0.3, -0.25) is 13.8 Å². The number of hydrogen-bond acceptors (Lipinski definition) is 11. The molecule has 6 N–H and O–H groups in total. The molecule has 0 heterocycles. The van der Waals surface area contributed by atoms with Crippen LogP contribution in [-0.2, 0) is 27.9 Å². The predicted molar refractivity (Wildman–Crippen MR) is 230 cm³/mol. The zero-order chi connectivity index (χ0) is 42.7. The maximum Gasteiger partial charge on any atom is 0.472 e. The third-order valence-corrected chi connectivity index (χ3v) is 12.5. The molecule has 0 aromatic carbocycles. The highest BCUT2D eigenvalue weighted by molar-refractivity contribution is 7.47. The number of hydrogen-bond donors (Lipinski definition) is 6. The first-order valence-electron chi connectivity index (χ1n) is 23.9. The molecule has 0 aromatic heterocycles. The summed E-state index contributed by atoms with van der Waals surface area (Å²) in [6.07, 6.45) is 26.1. The van der Waals surface area contributed by atoms with Crippen molar-refractivity contribution in [3.63, 3.8) is 0 Å². The molecule has 58 heavy (non-hydrogen) atoms. The Labute approximate surface area is 353 Å². The van der Waals surface area contributed by atoms with Gasteiger partial charge in [0.25, 0.3) is 0 Å².